The first-order chi connectivity index (χ1) is 8.17. The van der Waals surface area contributed by atoms with Gasteiger partial charge in [0.1, 0.15) is 0 Å². The van der Waals surface area contributed by atoms with Crippen molar-refractivity contribution in [3.05, 3.63) is 0 Å². The molecule has 100 valence electrons. The van der Waals surface area contributed by atoms with Crippen LogP contribution in [0.15, 0.2) is 0 Å². The van der Waals surface area contributed by atoms with Crippen LogP contribution < -0.4 is 5.32 Å². The highest BCUT2D eigenvalue weighted by atomic mass is 16.4. The van der Waals surface area contributed by atoms with Crippen molar-refractivity contribution in [3.63, 3.8) is 0 Å². The molecule has 4 nitrogen and oxygen atoms in total. The van der Waals surface area contributed by atoms with E-state index in [2.05, 4.69) is 12.2 Å². The number of rotatable bonds is 7. The van der Waals surface area contributed by atoms with Gasteiger partial charge in [-0.15, -0.1) is 0 Å². The smallest absolute Gasteiger partial charge is 0.306 e. The van der Waals surface area contributed by atoms with Crippen LogP contribution in [0, 0.1) is 11.8 Å². The first kappa shape index (κ1) is 14.5. The van der Waals surface area contributed by atoms with E-state index in [0.29, 0.717) is 12.0 Å². The Hall–Kier alpha value is -0.610. The Morgan fingerprint density at radius 2 is 2.24 bits per heavy atom. The Morgan fingerprint density at radius 3 is 2.82 bits per heavy atom. The minimum Gasteiger partial charge on any atom is -0.481 e. The fourth-order valence-corrected chi connectivity index (χ4v) is 2.57. The number of hydrogen-bond acceptors (Lipinski definition) is 3. The maximum atomic E-state index is 10.9. The lowest BCUT2D eigenvalue weighted by Crippen LogP contribution is -2.38. The second-order valence-electron chi connectivity index (χ2n) is 5.09. The molecule has 0 aromatic rings. The lowest BCUT2D eigenvalue weighted by atomic mass is 9.85. The summed E-state index contributed by atoms with van der Waals surface area (Å²) in [5.74, 6) is -0.316. The molecule has 3 unspecified atom stereocenters. The van der Waals surface area contributed by atoms with Crippen LogP contribution in [0.3, 0.4) is 0 Å². The van der Waals surface area contributed by atoms with E-state index in [1.165, 1.54) is 0 Å². The van der Waals surface area contributed by atoms with Gasteiger partial charge in [-0.3, -0.25) is 4.79 Å². The summed E-state index contributed by atoms with van der Waals surface area (Å²) in [7, 11) is 0. The molecule has 1 aliphatic rings. The number of hydrogen-bond donors (Lipinski definition) is 3. The Balaban J connectivity index is 2.28. The largest absolute Gasteiger partial charge is 0.481 e. The van der Waals surface area contributed by atoms with Crippen molar-refractivity contribution in [1.82, 2.24) is 5.32 Å². The molecule has 0 aromatic carbocycles. The van der Waals surface area contributed by atoms with Crippen molar-refractivity contribution in [3.8, 4) is 0 Å². The summed E-state index contributed by atoms with van der Waals surface area (Å²) in [5, 5.41) is 21.4. The van der Waals surface area contributed by atoms with Gasteiger partial charge in [-0.25, -0.2) is 0 Å². The number of aliphatic carboxylic acids is 1. The van der Waals surface area contributed by atoms with Crippen molar-refractivity contribution in [2.24, 2.45) is 11.8 Å². The second-order valence-corrected chi connectivity index (χ2v) is 5.09. The van der Waals surface area contributed by atoms with E-state index < -0.39 is 5.97 Å². The van der Waals surface area contributed by atoms with Crippen LogP contribution >= 0.6 is 0 Å². The summed E-state index contributed by atoms with van der Waals surface area (Å²) in [4.78, 5) is 10.9. The summed E-state index contributed by atoms with van der Waals surface area (Å²) in [5.41, 5.74) is 0. The highest BCUT2D eigenvalue weighted by molar-refractivity contribution is 5.70. The average Bonchev–Trinajstić information content (AvgIpc) is 2.34. The van der Waals surface area contributed by atoms with Gasteiger partial charge in [0.15, 0.2) is 0 Å². The molecule has 4 heteroatoms. The number of carbonyl (C=O) groups is 1. The summed E-state index contributed by atoms with van der Waals surface area (Å²) >= 11 is 0. The van der Waals surface area contributed by atoms with E-state index in [4.69, 9.17) is 10.2 Å². The summed E-state index contributed by atoms with van der Waals surface area (Å²) in [6.45, 7) is 3.26. The number of aliphatic hydroxyl groups excluding tert-OH is 1. The van der Waals surface area contributed by atoms with Gasteiger partial charge in [-0.05, 0) is 38.1 Å². The van der Waals surface area contributed by atoms with E-state index in [-0.39, 0.29) is 12.5 Å². The van der Waals surface area contributed by atoms with Gasteiger partial charge in [-0.1, -0.05) is 19.8 Å². The first-order valence-corrected chi connectivity index (χ1v) is 6.74. The van der Waals surface area contributed by atoms with Gasteiger partial charge in [-0.2, -0.15) is 0 Å². The minimum absolute atomic E-state index is 0.167. The third kappa shape index (κ3) is 5.04. The molecule has 3 N–H and O–H groups in total. The van der Waals surface area contributed by atoms with Crippen LogP contribution in [-0.2, 0) is 4.79 Å². The molecule has 1 fully saturated rings. The van der Waals surface area contributed by atoms with Crippen LogP contribution in [0.5, 0.6) is 0 Å². The molecule has 0 spiro atoms. The van der Waals surface area contributed by atoms with Crippen molar-refractivity contribution >= 4 is 5.97 Å². The maximum Gasteiger partial charge on any atom is 0.306 e. The Labute approximate surface area is 103 Å². The van der Waals surface area contributed by atoms with Crippen molar-refractivity contribution < 1.29 is 15.0 Å². The number of nitrogens with one attached hydrogen (secondary N) is 1. The SMILES string of the molecule is CCC(CCO)CNC1CCCC(C(=O)O)C1. The van der Waals surface area contributed by atoms with E-state index >= 15 is 0 Å². The van der Waals surface area contributed by atoms with Crippen molar-refractivity contribution in [2.45, 2.75) is 51.5 Å². The molecule has 1 aliphatic carbocycles. The monoisotopic (exact) mass is 243 g/mol. The molecule has 0 saturated heterocycles. The number of carboxylic acid groups (broad SMARTS) is 1. The van der Waals surface area contributed by atoms with Gasteiger partial charge in [0.05, 0.1) is 5.92 Å². The molecule has 0 amide bonds. The lowest BCUT2D eigenvalue weighted by Gasteiger charge is -2.29. The topological polar surface area (TPSA) is 69.6 Å². The fourth-order valence-electron chi connectivity index (χ4n) is 2.57. The van der Waals surface area contributed by atoms with E-state index in [1.54, 1.807) is 0 Å². The predicted molar refractivity (Wildman–Crippen MR) is 66.9 cm³/mol. The van der Waals surface area contributed by atoms with Gasteiger partial charge in [0.2, 0.25) is 0 Å². The number of aliphatic hydroxyl groups is 1. The van der Waals surface area contributed by atoms with E-state index in [0.717, 1.165) is 45.1 Å². The third-order valence-corrected chi connectivity index (χ3v) is 3.83. The molecule has 1 saturated carbocycles. The molecular formula is C13H25NO3. The second kappa shape index (κ2) is 7.67. The fraction of sp³-hybridized carbons (Fsp3) is 0.923. The maximum absolute atomic E-state index is 10.9. The molecular weight excluding hydrogens is 218 g/mol. The zero-order chi connectivity index (χ0) is 12.7. The molecule has 0 heterocycles. The van der Waals surface area contributed by atoms with Gasteiger partial charge in [0.25, 0.3) is 0 Å². The summed E-state index contributed by atoms with van der Waals surface area (Å²) in [6, 6.07) is 0.345. The molecule has 0 aromatic heterocycles. The minimum atomic E-state index is -0.654. The van der Waals surface area contributed by atoms with Crippen LogP contribution in [-0.4, -0.2) is 35.4 Å². The van der Waals surface area contributed by atoms with Crippen LogP contribution in [0.2, 0.25) is 0 Å². The normalized spacial score (nSPS) is 26.7. The quantitative estimate of drug-likeness (QED) is 0.635. The molecule has 0 radical (unpaired) electrons. The zero-order valence-corrected chi connectivity index (χ0v) is 10.7. The van der Waals surface area contributed by atoms with E-state index in [9.17, 15) is 4.79 Å². The highest BCUT2D eigenvalue weighted by Crippen LogP contribution is 2.24. The van der Waals surface area contributed by atoms with E-state index in [1.807, 2.05) is 0 Å². The van der Waals surface area contributed by atoms with Gasteiger partial charge in [0, 0.05) is 12.6 Å². The summed E-state index contributed by atoms with van der Waals surface area (Å²) in [6.07, 6.45) is 5.55. The zero-order valence-electron chi connectivity index (χ0n) is 10.7. The summed E-state index contributed by atoms with van der Waals surface area (Å²) < 4.78 is 0. The van der Waals surface area contributed by atoms with Crippen molar-refractivity contribution in [2.75, 3.05) is 13.2 Å². The Morgan fingerprint density at radius 1 is 1.47 bits per heavy atom. The standard InChI is InChI=1S/C13H25NO3/c1-2-10(6-7-15)9-14-12-5-3-4-11(8-12)13(16)17/h10-12,14-15H,2-9H2,1H3,(H,16,17). The van der Waals surface area contributed by atoms with Crippen molar-refractivity contribution in [1.29, 1.82) is 0 Å². The molecule has 3 atom stereocenters. The number of carboxylic acids is 1. The first-order valence-electron chi connectivity index (χ1n) is 6.74. The van der Waals surface area contributed by atoms with Gasteiger partial charge < -0.3 is 15.5 Å². The molecule has 0 bridgehead atoms. The highest BCUT2D eigenvalue weighted by Gasteiger charge is 2.26. The molecule has 0 aliphatic heterocycles. The average molecular weight is 243 g/mol. The molecule has 1 rings (SSSR count). The Bertz CT molecular complexity index is 233. The Kier molecular flexibility index (Phi) is 6.52. The van der Waals surface area contributed by atoms with Crippen LogP contribution in [0.1, 0.15) is 45.4 Å². The molecule has 17 heavy (non-hydrogen) atoms. The van der Waals surface area contributed by atoms with Crippen LogP contribution in [0.4, 0.5) is 0 Å². The van der Waals surface area contributed by atoms with Gasteiger partial charge >= 0.3 is 5.97 Å². The lowest BCUT2D eigenvalue weighted by molar-refractivity contribution is -0.143. The predicted octanol–water partition coefficient (Wildman–Crippen LogP) is 1.63. The van der Waals surface area contributed by atoms with Crippen LogP contribution in [0.25, 0.3) is 0 Å². The third-order valence-electron chi connectivity index (χ3n) is 3.83.